The maximum Gasteiger partial charge on any atom is 0.119 e. The molecule has 0 radical (unpaired) electrons. The number of aliphatic hydroxyl groups is 2. The number of hydrogen-bond donors (Lipinski definition) is 4. The van der Waals surface area contributed by atoms with Crippen molar-refractivity contribution in [2.75, 3.05) is 32.8 Å². The van der Waals surface area contributed by atoms with E-state index < -0.39 is 6.23 Å². The van der Waals surface area contributed by atoms with Gasteiger partial charge in [-0.15, -0.1) is 0 Å². The van der Waals surface area contributed by atoms with Crippen LogP contribution in [0.4, 0.5) is 0 Å². The average molecular weight is 360 g/mol. The van der Waals surface area contributed by atoms with Crippen molar-refractivity contribution in [3.8, 4) is 5.75 Å². The summed E-state index contributed by atoms with van der Waals surface area (Å²) in [5.74, 6) is 1.84. The highest BCUT2D eigenvalue weighted by Gasteiger charge is 2.22. The van der Waals surface area contributed by atoms with Crippen LogP contribution in [0.3, 0.4) is 0 Å². The van der Waals surface area contributed by atoms with Gasteiger partial charge in [0.15, 0.2) is 0 Å². The summed E-state index contributed by atoms with van der Waals surface area (Å²) in [5.41, 5.74) is 2.59. The molecule has 4 N–H and O–H groups in total. The fourth-order valence-corrected chi connectivity index (χ4v) is 3.81. The van der Waals surface area contributed by atoms with Gasteiger partial charge in [-0.25, -0.2) is 0 Å². The molecule has 26 heavy (non-hydrogen) atoms. The van der Waals surface area contributed by atoms with Crippen LogP contribution in [0.15, 0.2) is 30.3 Å². The van der Waals surface area contributed by atoms with Crippen LogP contribution in [0.25, 0.3) is 5.57 Å². The highest BCUT2D eigenvalue weighted by atomic mass is 16.5. The molecule has 2 aliphatic rings. The number of aliphatic hydroxyl groups excluding tert-OH is 2. The molecule has 3 rings (SSSR count). The Bertz CT molecular complexity index is 567. The zero-order valence-electron chi connectivity index (χ0n) is 15.5. The Hall–Kier alpha value is -1.40. The quantitative estimate of drug-likeness (QED) is 0.535. The number of benzene rings is 1. The standard InChI is InChI=1S/C21H32N2O3/c24-14-13-23-21(25)19-3-1-17(2-4-19)18-5-7-20(8-6-18)26-15-16-9-11-22-12-10-16/h1,5-8,16,19,21-25H,2-4,9-15H2. The molecule has 2 unspecified atom stereocenters. The Kier molecular flexibility index (Phi) is 7.50. The van der Waals surface area contributed by atoms with Gasteiger partial charge in [0.25, 0.3) is 0 Å². The second kappa shape index (κ2) is 10.1. The molecule has 0 amide bonds. The van der Waals surface area contributed by atoms with Gasteiger partial charge < -0.3 is 20.3 Å². The third-order valence-corrected chi connectivity index (χ3v) is 5.53. The topological polar surface area (TPSA) is 73.8 Å². The van der Waals surface area contributed by atoms with Crippen molar-refractivity contribution in [1.82, 2.24) is 10.6 Å². The molecular formula is C21H32N2O3. The molecule has 1 fully saturated rings. The van der Waals surface area contributed by atoms with Crippen LogP contribution < -0.4 is 15.4 Å². The second-order valence-corrected chi connectivity index (χ2v) is 7.42. The first kappa shape index (κ1) is 19.4. The summed E-state index contributed by atoms with van der Waals surface area (Å²) in [6.45, 7) is 3.51. The number of allylic oxidation sites excluding steroid dienone is 2. The summed E-state index contributed by atoms with van der Waals surface area (Å²) in [5, 5.41) is 25.3. The summed E-state index contributed by atoms with van der Waals surface area (Å²) in [4.78, 5) is 0. The molecule has 0 saturated carbocycles. The van der Waals surface area contributed by atoms with Crippen molar-refractivity contribution in [2.45, 2.75) is 38.3 Å². The number of nitrogens with one attached hydrogen (secondary N) is 2. The van der Waals surface area contributed by atoms with Gasteiger partial charge in [-0.3, -0.25) is 5.32 Å². The molecule has 1 aliphatic carbocycles. The molecule has 0 spiro atoms. The molecule has 144 valence electrons. The minimum atomic E-state index is -0.536. The molecule has 5 heteroatoms. The molecule has 1 saturated heterocycles. The number of hydrogen-bond acceptors (Lipinski definition) is 5. The summed E-state index contributed by atoms with van der Waals surface area (Å²) in [6.07, 6.45) is 6.89. The van der Waals surface area contributed by atoms with Crippen molar-refractivity contribution < 1.29 is 14.9 Å². The third-order valence-electron chi connectivity index (χ3n) is 5.53. The van der Waals surface area contributed by atoms with Crippen molar-refractivity contribution in [3.63, 3.8) is 0 Å². The zero-order chi connectivity index (χ0) is 18.2. The summed E-state index contributed by atoms with van der Waals surface area (Å²) in [6, 6.07) is 8.43. The predicted molar refractivity (Wildman–Crippen MR) is 104 cm³/mol. The van der Waals surface area contributed by atoms with E-state index in [4.69, 9.17) is 9.84 Å². The van der Waals surface area contributed by atoms with Crippen molar-refractivity contribution in [1.29, 1.82) is 0 Å². The van der Waals surface area contributed by atoms with E-state index in [1.807, 2.05) is 0 Å². The Labute approximate surface area is 156 Å². The van der Waals surface area contributed by atoms with E-state index in [2.05, 4.69) is 41.0 Å². The van der Waals surface area contributed by atoms with Crippen LogP contribution in [0, 0.1) is 11.8 Å². The second-order valence-electron chi connectivity index (χ2n) is 7.42. The van der Waals surface area contributed by atoms with Crippen molar-refractivity contribution in [2.24, 2.45) is 11.8 Å². The largest absolute Gasteiger partial charge is 0.493 e. The first-order valence-electron chi connectivity index (χ1n) is 9.91. The lowest BCUT2D eigenvalue weighted by Gasteiger charge is -2.27. The van der Waals surface area contributed by atoms with Crippen molar-refractivity contribution in [3.05, 3.63) is 35.9 Å². The fourth-order valence-electron chi connectivity index (χ4n) is 3.81. The smallest absolute Gasteiger partial charge is 0.119 e. The van der Waals surface area contributed by atoms with E-state index in [9.17, 15) is 5.11 Å². The van der Waals surface area contributed by atoms with Crippen LogP contribution in [-0.2, 0) is 0 Å². The van der Waals surface area contributed by atoms with E-state index >= 15 is 0 Å². The monoisotopic (exact) mass is 360 g/mol. The van der Waals surface area contributed by atoms with E-state index in [0.29, 0.717) is 12.5 Å². The molecule has 1 aromatic rings. The van der Waals surface area contributed by atoms with Gasteiger partial charge in [0.1, 0.15) is 12.0 Å². The summed E-state index contributed by atoms with van der Waals surface area (Å²) < 4.78 is 5.96. The highest BCUT2D eigenvalue weighted by Crippen LogP contribution is 2.32. The van der Waals surface area contributed by atoms with Crippen LogP contribution in [0.1, 0.15) is 37.7 Å². The molecule has 5 nitrogen and oxygen atoms in total. The van der Waals surface area contributed by atoms with E-state index in [1.165, 1.54) is 24.0 Å². The van der Waals surface area contributed by atoms with E-state index in [0.717, 1.165) is 44.7 Å². The Balaban J connectivity index is 1.48. The SMILES string of the molecule is OCCNC(O)C1CC=C(c2ccc(OCC3CCNCC3)cc2)CC1. The third kappa shape index (κ3) is 5.55. The maximum atomic E-state index is 10.1. The Morgan fingerprint density at radius 3 is 2.58 bits per heavy atom. The minimum Gasteiger partial charge on any atom is -0.493 e. The Morgan fingerprint density at radius 1 is 1.15 bits per heavy atom. The molecule has 1 heterocycles. The van der Waals surface area contributed by atoms with Gasteiger partial charge >= 0.3 is 0 Å². The van der Waals surface area contributed by atoms with Gasteiger partial charge in [-0.2, -0.15) is 0 Å². The van der Waals surface area contributed by atoms with Gasteiger partial charge in [-0.05, 0) is 74.4 Å². The van der Waals surface area contributed by atoms with Gasteiger partial charge in [0, 0.05) is 12.5 Å². The molecule has 1 aliphatic heterocycles. The van der Waals surface area contributed by atoms with E-state index in [-0.39, 0.29) is 12.5 Å². The van der Waals surface area contributed by atoms with Crippen LogP contribution in [0.2, 0.25) is 0 Å². The molecule has 0 bridgehead atoms. The van der Waals surface area contributed by atoms with Crippen LogP contribution in [0.5, 0.6) is 5.75 Å². The highest BCUT2D eigenvalue weighted by molar-refractivity contribution is 5.66. The summed E-state index contributed by atoms with van der Waals surface area (Å²) >= 11 is 0. The Morgan fingerprint density at radius 2 is 1.92 bits per heavy atom. The lowest BCUT2D eigenvalue weighted by atomic mass is 9.85. The first-order chi connectivity index (χ1) is 12.8. The summed E-state index contributed by atoms with van der Waals surface area (Å²) in [7, 11) is 0. The van der Waals surface area contributed by atoms with Crippen LogP contribution >= 0.6 is 0 Å². The molecule has 1 aromatic carbocycles. The predicted octanol–water partition coefficient (Wildman–Crippen LogP) is 2.15. The average Bonchev–Trinajstić information content (AvgIpc) is 2.72. The maximum absolute atomic E-state index is 10.1. The minimum absolute atomic E-state index is 0.0525. The van der Waals surface area contributed by atoms with Gasteiger partial charge in [0.2, 0.25) is 0 Å². The van der Waals surface area contributed by atoms with E-state index in [1.54, 1.807) is 0 Å². The van der Waals surface area contributed by atoms with Crippen molar-refractivity contribution >= 4 is 5.57 Å². The first-order valence-corrected chi connectivity index (χ1v) is 9.91. The normalized spacial score (nSPS) is 22.7. The molecule has 2 atom stereocenters. The van der Waals surface area contributed by atoms with Gasteiger partial charge in [-0.1, -0.05) is 18.2 Å². The molecule has 0 aromatic heterocycles. The lowest BCUT2D eigenvalue weighted by Crippen LogP contribution is -2.38. The number of ether oxygens (including phenoxy) is 1. The fraction of sp³-hybridized carbons (Fsp3) is 0.619. The number of piperidine rings is 1. The van der Waals surface area contributed by atoms with Crippen LogP contribution in [-0.4, -0.2) is 49.3 Å². The molecular weight excluding hydrogens is 328 g/mol. The van der Waals surface area contributed by atoms with Gasteiger partial charge in [0.05, 0.1) is 13.2 Å². The zero-order valence-corrected chi connectivity index (χ0v) is 15.5. The lowest BCUT2D eigenvalue weighted by molar-refractivity contribution is 0.0655. The number of rotatable bonds is 8.